The lowest BCUT2D eigenvalue weighted by atomic mass is 10.0. The molecule has 0 aliphatic heterocycles. The summed E-state index contributed by atoms with van der Waals surface area (Å²) in [5.74, 6) is 0. The Morgan fingerprint density at radius 3 is 2.75 bits per heavy atom. The van der Waals surface area contributed by atoms with Crippen molar-refractivity contribution in [2.45, 2.75) is 6.54 Å². The average molecular weight is 279 g/mol. The first-order chi connectivity index (χ1) is 9.85. The molecule has 0 bridgehead atoms. The van der Waals surface area contributed by atoms with Gasteiger partial charge in [0.25, 0.3) is 0 Å². The van der Waals surface area contributed by atoms with Crippen LogP contribution in [0.2, 0.25) is 0 Å². The van der Waals surface area contributed by atoms with Gasteiger partial charge in [-0.2, -0.15) is 5.10 Å². The smallest absolute Gasteiger partial charge is 0.119 e. The zero-order valence-electron chi connectivity index (χ0n) is 10.8. The third-order valence-electron chi connectivity index (χ3n) is 3.53. The lowest BCUT2D eigenvalue weighted by molar-refractivity contribution is 1.11. The number of rotatable bonds is 2. The fourth-order valence-corrected chi connectivity index (χ4v) is 3.40. The standard InChI is InChI=1S/C16H13N3S/c17-9-13-8-14-15(18-19-16(14)20-13)12-6-5-10-3-1-2-4-11(10)7-12/h1-8H,9,17H2,(H,18,19). The van der Waals surface area contributed by atoms with E-state index in [1.165, 1.54) is 15.6 Å². The lowest BCUT2D eigenvalue weighted by Gasteiger charge is -2.01. The van der Waals surface area contributed by atoms with Gasteiger partial charge in [-0.15, -0.1) is 11.3 Å². The van der Waals surface area contributed by atoms with Gasteiger partial charge < -0.3 is 5.73 Å². The summed E-state index contributed by atoms with van der Waals surface area (Å²) in [4.78, 5) is 2.27. The fraction of sp³-hybridized carbons (Fsp3) is 0.0625. The minimum absolute atomic E-state index is 0.574. The predicted octanol–water partition coefficient (Wildman–Crippen LogP) is 3.90. The van der Waals surface area contributed by atoms with Crippen molar-refractivity contribution in [1.29, 1.82) is 0 Å². The molecule has 0 unspecified atom stereocenters. The number of hydrogen-bond donors (Lipinski definition) is 2. The van der Waals surface area contributed by atoms with Crippen LogP contribution >= 0.6 is 11.3 Å². The quantitative estimate of drug-likeness (QED) is 0.584. The molecule has 0 radical (unpaired) electrons. The molecule has 2 heterocycles. The molecule has 0 amide bonds. The molecule has 20 heavy (non-hydrogen) atoms. The minimum atomic E-state index is 0.574. The summed E-state index contributed by atoms with van der Waals surface area (Å²) in [7, 11) is 0. The van der Waals surface area contributed by atoms with Crippen LogP contribution in [0.3, 0.4) is 0 Å². The van der Waals surface area contributed by atoms with E-state index in [9.17, 15) is 0 Å². The van der Waals surface area contributed by atoms with Gasteiger partial charge in [-0.1, -0.05) is 36.4 Å². The summed E-state index contributed by atoms with van der Waals surface area (Å²) >= 11 is 1.67. The largest absolute Gasteiger partial charge is 0.326 e. The second kappa shape index (κ2) is 4.44. The molecular weight excluding hydrogens is 266 g/mol. The van der Waals surface area contributed by atoms with E-state index in [1.54, 1.807) is 11.3 Å². The molecule has 0 fully saturated rings. The molecule has 3 nitrogen and oxygen atoms in total. The van der Waals surface area contributed by atoms with Gasteiger partial charge in [-0.3, -0.25) is 5.10 Å². The first-order valence-electron chi connectivity index (χ1n) is 6.51. The highest BCUT2D eigenvalue weighted by Gasteiger charge is 2.11. The number of fused-ring (bicyclic) bond motifs is 2. The van der Waals surface area contributed by atoms with Crippen molar-refractivity contribution in [3.8, 4) is 11.3 Å². The Bertz CT molecular complexity index is 904. The SMILES string of the molecule is NCc1cc2c(-c3ccc4ccccc4c3)n[nH]c2s1. The van der Waals surface area contributed by atoms with Crippen LogP contribution in [-0.4, -0.2) is 10.2 Å². The molecule has 4 aromatic rings. The van der Waals surface area contributed by atoms with Gasteiger partial charge in [0.1, 0.15) is 10.5 Å². The van der Waals surface area contributed by atoms with Gasteiger partial charge in [0.2, 0.25) is 0 Å². The van der Waals surface area contributed by atoms with Gasteiger partial charge in [0.15, 0.2) is 0 Å². The van der Waals surface area contributed by atoms with E-state index >= 15 is 0 Å². The molecule has 2 aromatic carbocycles. The van der Waals surface area contributed by atoms with Gasteiger partial charge in [0.05, 0.1) is 0 Å². The monoisotopic (exact) mass is 279 g/mol. The van der Waals surface area contributed by atoms with Crippen molar-refractivity contribution in [2.75, 3.05) is 0 Å². The Kier molecular flexibility index (Phi) is 2.58. The van der Waals surface area contributed by atoms with Crippen molar-refractivity contribution in [1.82, 2.24) is 10.2 Å². The first kappa shape index (κ1) is 11.6. The van der Waals surface area contributed by atoms with E-state index in [-0.39, 0.29) is 0 Å². The van der Waals surface area contributed by atoms with E-state index in [4.69, 9.17) is 5.73 Å². The van der Waals surface area contributed by atoms with Gasteiger partial charge >= 0.3 is 0 Å². The van der Waals surface area contributed by atoms with Crippen molar-refractivity contribution in [3.05, 3.63) is 53.4 Å². The number of nitrogens with one attached hydrogen (secondary N) is 1. The molecule has 0 saturated carbocycles. The third-order valence-corrected chi connectivity index (χ3v) is 4.59. The van der Waals surface area contributed by atoms with Crippen LogP contribution in [-0.2, 0) is 6.54 Å². The van der Waals surface area contributed by atoms with Crippen molar-refractivity contribution in [2.24, 2.45) is 5.73 Å². The Morgan fingerprint density at radius 2 is 1.90 bits per heavy atom. The molecule has 3 N–H and O–H groups in total. The minimum Gasteiger partial charge on any atom is -0.326 e. The predicted molar refractivity (Wildman–Crippen MR) is 84.8 cm³/mol. The van der Waals surface area contributed by atoms with E-state index in [0.29, 0.717) is 6.54 Å². The summed E-state index contributed by atoms with van der Waals surface area (Å²) in [6, 6.07) is 16.9. The maximum Gasteiger partial charge on any atom is 0.119 e. The lowest BCUT2D eigenvalue weighted by Crippen LogP contribution is -1.91. The molecule has 0 saturated heterocycles. The second-order valence-corrected chi connectivity index (χ2v) is 5.93. The van der Waals surface area contributed by atoms with E-state index < -0.39 is 0 Å². The average Bonchev–Trinajstić information content (AvgIpc) is 3.06. The Balaban J connectivity index is 1.93. The number of nitrogens with zero attached hydrogens (tertiary/aromatic N) is 1. The van der Waals surface area contributed by atoms with E-state index in [1.807, 2.05) is 0 Å². The van der Waals surface area contributed by atoms with Crippen molar-refractivity contribution in [3.63, 3.8) is 0 Å². The van der Waals surface area contributed by atoms with Crippen molar-refractivity contribution >= 4 is 32.3 Å². The van der Waals surface area contributed by atoms with Crippen LogP contribution in [0.5, 0.6) is 0 Å². The van der Waals surface area contributed by atoms with Crippen LogP contribution in [0.1, 0.15) is 4.88 Å². The number of thiophene rings is 1. The highest BCUT2D eigenvalue weighted by molar-refractivity contribution is 7.18. The van der Waals surface area contributed by atoms with E-state index in [0.717, 1.165) is 21.5 Å². The molecule has 4 rings (SSSR count). The first-order valence-corrected chi connectivity index (χ1v) is 7.33. The van der Waals surface area contributed by atoms with Gasteiger partial charge in [-0.05, 0) is 22.9 Å². The van der Waals surface area contributed by atoms with Crippen molar-refractivity contribution < 1.29 is 0 Å². The normalized spacial score (nSPS) is 11.4. The molecule has 0 aliphatic rings. The number of H-pyrrole nitrogens is 1. The molecular formula is C16H13N3S. The number of benzene rings is 2. The molecule has 2 aromatic heterocycles. The summed E-state index contributed by atoms with van der Waals surface area (Å²) in [5.41, 5.74) is 7.85. The molecule has 0 atom stereocenters. The fourth-order valence-electron chi connectivity index (χ4n) is 2.53. The number of aromatic amines is 1. The second-order valence-electron chi connectivity index (χ2n) is 4.79. The molecule has 0 spiro atoms. The van der Waals surface area contributed by atoms with Crippen LogP contribution < -0.4 is 5.73 Å². The van der Waals surface area contributed by atoms with Crippen LogP contribution in [0.25, 0.3) is 32.2 Å². The summed E-state index contributed by atoms with van der Waals surface area (Å²) in [5, 5.41) is 11.2. The number of aromatic nitrogens is 2. The summed E-state index contributed by atoms with van der Waals surface area (Å²) in [6.45, 7) is 0.574. The Hall–Kier alpha value is -2.17. The van der Waals surface area contributed by atoms with Crippen LogP contribution in [0.15, 0.2) is 48.5 Å². The maximum absolute atomic E-state index is 5.71. The third kappa shape index (κ3) is 1.73. The van der Waals surface area contributed by atoms with E-state index in [2.05, 4.69) is 58.7 Å². The zero-order valence-corrected chi connectivity index (χ0v) is 11.6. The molecule has 0 aliphatic carbocycles. The highest BCUT2D eigenvalue weighted by Crippen LogP contribution is 2.33. The number of nitrogens with two attached hydrogens (primary N) is 1. The zero-order chi connectivity index (χ0) is 13.5. The topological polar surface area (TPSA) is 54.7 Å². The molecule has 4 heteroatoms. The van der Waals surface area contributed by atoms with Gasteiger partial charge in [0, 0.05) is 22.4 Å². The number of hydrogen-bond acceptors (Lipinski definition) is 3. The molecule has 98 valence electrons. The maximum atomic E-state index is 5.71. The Morgan fingerprint density at radius 1 is 1.05 bits per heavy atom. The Labute approximate surface area is 120 Å². The van der Waals surface area contributed by atoms with Crippen LogP contribution in [0.4, 0.5) is 0 Å². The van der Waals surface area contributed by atoms with Crippen LogP contribution in [0, 0.1) is 0 Å². The summed E-state index contributed by atoms with van der Waals surface area (Å²) < 4.78 is 0. The summed E-state index contributed by atoms with van der Waals surface area (Å²) in [6.07, 6.45) is 0. The van der Waals surface area contributed by atoms with Gasteiger partial charge in [-0.25, -0.2) is 0 Å². The highest BCUT2D eigenvalue weighted by atomic mass is 32.1.